The first-order valence-electron chi connectivity index (χ1n) is 8.88. The fourth-order valence-corrected chi connectivity index (χ4v) is 2.13. The zero-order chi connectivity index (χ0) is 16.6. The van der Waals surface area contributed by atoms with Gasteiger partial charge in [-0.1, -0.05) is 27.7 Å². The average molecular weight is 315 g/mol. The van der Waals surface area contributed by atoms with Gasteiger partial charge >= 0.3 is 0 Å². The predicted octanol–water partition coefficient (Wildman–Crippen LogP) is 2.34. The summed E-state index contributed by atoms with van der Waals surface area (Å²) in [5.74, 6) is 1.51. The molecule has 132 valence electrons. The highest BCUT2D eigenvalue weighted by Gasteiger charge is 2.00. The molecule has 0 aromatic rings. The molecular weight excluding hydrogens is 276 g/mol. The summed E-state index contributed by atoms with van der Waals surface area (Å²) in [6.07, 6.45) is 3.42. The average Bonchev–Trinajstić information content (AvgIpc) is 2.51. The molecule has 5 heteroatoms. The molecule has 0 unspecified atom stereocenters. The minimum absolute atomic E-state index is 0.610. The number of rotatable bonds is 13. The molecule has 0 fully saturated rings. The Morgan fingerprint density at radius 3 is 2.23 bits per heavy atom. The van der Waals surface area contributed by atoms with Gasteiger partial charge in [0.05, 0.1) is 0 Å². The molecule has 22 heavy (non-hydrogen) atoms. The largest absolute Gasteiger partial charge is 0.381 e. The zero-order valence-corrected chi connectivity index (χ0v) is 15.5. The molecule has 0 atom stereocenters. The molecule has 0 rings (SSSR count). The first-order chi connectivity index (χ1) is 10.6. The van der Waals surface area contributed by atoms with Gasteiger partial charge < -0.3 is 20.3 Å². The highest BCUT2D eigenvalue weighted by Crippen LogP contribution is 1.94. The van der Waals surface area contributed by atoms with Crippen molar-refractivity contribution in [3.8, 4) is 0 Å². The summed E-state index contributed by atoms with van der Waals surface area (Å²) in [5, 5.41) is 6.70. The lowest BCUT2D eigenvalue weighted by Crippen LogP contribution is -2.38. The molecule has 2 N–H and O–H groups in total. The monoisotopic (exact) mass is 314 g/mol. The molecule has 0 saturated carbocycles. The SMILES string of the molecule is CCN(CC)CCCCNC(=NC)NCCCOCC(C)C. The molecular formula is C17H38N4O. The maximum atomic E-state index is 5.56. The smallest absolute Gasteiger partial charge is 0.190 e. The number of nitrogens with zero attached hydrogens (tertiary/aromatic N) is 2. The van der Waals surface area contributed by atoms with Gasteiger partial charge in [0, 0.05) is 33.4 Å². The van der Waals surface area contributed by atoms with Crippen molar-refractivity contribution < 1.29 is 4.74 Å². The molecule has 0 saturated heterocycles. The van der Waals surface area contributed by atoms with E-state index >= 15 is 0 Å². The summed E-state index contributed by atoms with van der Waals surface area (Å²) >= 11 is 0. The second-order valence-electron chi connectivity index (χ2n) is 5.98. The minimum Gasteiger partial charge on any atom is -0.381 e. The van der Waals surface area contributed by atoms with Crippen LogP contribution >= 0.6 is 0 Å². The summed E-state index contributed by atoms with van der Waals surface area (Å²) in [7, 11) is 1.82. The van der Waals surface area contributed by atoms with Crippen molar-refractivity contribution in [2.45, 2.75) is 47.0 Å². The van der Waals surface area contributed by atoms with Gasteiger partial charge in [-0.05, 0) is 44.8 Å². The third-order valence-corrected chi connectivity index (χ3v) is 3.52. The number of guanidine groups is 1. The summed E-state index contributed by atoms with van der Waals surface area (Å²) in [4.78, 5) is 6.70. The van der Waals surface area contributed by atoms with Gasteiger partial charge in [0.15, 0.2) is 5.96 Å². The van der Waals surface area contributed by atoms with E-state index < -0.39 is 0 Å². The van der Waals surface area contributed by atoms with E-state index in [9.17, 15) is 0 Å². The summed E-state index contributed by atoms with van der Waals surface area (Å²) in [5.41, 5.74) is 0. The lowest BCUT2D eigenvalue weighted by Gasteiger charge is -2.18. The number of hydrogen-bond donors (Lipinski definition) is 2. The zero-order valence-electron chi connectivity index (χ0n) is 15.5. The quantitative estimate of drug-likeness (QED) is 0.311. The van der Waals surface area contributed by atoms with Crippen LogP contribution in [0.2, 0.25) is 0 Å². The number of aliphatic imine (C=N–C) groups is 1. The Kier molecular flexibility index (Phi) is 14.5. The van der Waals surface area contributed by atoms with Gasteiger partial charge in [-0.2, -0.15) is 0 Å². The van der Waals surface area contributed by atoms with Crippen molar-refractivity contribution in [2.24, 2.45) is 10.9 Å². The van der Waals surface area contributed by atoms with Gasteiger partial charge in [0.1, 0.15) is 0 Å². The molecule has 0 spiro atoms. The van der Waals surface area contributed by atoms with Crippen LogP contribution in [0.25, 0.3) is 0 Å². The number of hydrogen-bond acceptors (Lipinski definition) is 3. The van der Waals surface area contributed by atoms with Crippen LogP contribution in [0.5, 0.6) is 0 Å². The predicted molar refractivity (Wildman–Crippen MR) is 96.7 cm³/mol. The summed E-state index contributed by atoms with van der Waals surface area (Å²) in [6, 6.07) is 0. The summed E-state index contributed by atoms with van der Waals surface area (Å²) in [6.45, 7) is 15.8. The van der Waals surface area contributed by atoms with Gasteiger partial charge in [-0.3, -0.25) is 4.99 Å². The second kappa shape index (κ2) is 15.1. The number of nitrogens with one attached hydrogen (secondary N) is 2. The van der Waals surface area contributed by atoms with Gasteiger partial charge in [0.2, 0.25) is 0 Å². The molecule has 0 aliphatic carbocycles. The van der Waals surface area contributed by atoms with E-state index in [1.54, 1.807) is 0 Å². The normalized spacial score (nSPS) is 12.2. The Hall–Kier alpha value is -0.810. The van der Waals surface area contributed by atoms with E-state index in [2.05, 4.69) is 48.2 Å². The third-order valence-electron chi connectivity index (χ3n) is 3.52. The fourth-order valence-electron chi connectivity index (χ4n) is 2.13. The van der Waals surface area contributed by atoms with Crippen LogP contribution in [0.15, 0.2) is 4.99 Å². The van der Waals surface area contributed by atoms with Crippen molar-refractivity contribution in [3.05, 3.63) is 0 Å². The van der Waals surface area contributed by atoms with Crippen molar-refractivity contribution in [2.75, 3.05) is 53.0 Å². The maximum Gasteiger partial charge on any atom is 0.190 e. The van der Waals surface area contributed by atoms with E-state index in [1.807, 2.05) is 7.05 Å². The number of unbranched alkanes of at least 4 members (excludes halogenated alkanes) is 1. The van der Waals surface area contributed by atoms with Crippen LogP contribution in [-0.4, -0.2) is 63.8 Å². The van der Waals surface area contributed by atoms with E-state index in [-0.39, 0.29) is 0 Å². The summed E-state index contributed by atoms with van der Waals surface area (Å²) < 4.78 is 5.56. The van der Waals surface area contributed by atoms with Crippen LogP contribution in [-0.2, 0) is 4.74 Å². The molecule has 0 amide bonds. The van der Waals surface area contributed by atoms with Crippen molar-refractivity contribution >= 4 is 5.96 Å². The molecule has 0 aliphatic heterocycles. The fraction of sp³-hybridized carbons (Fsp3) is 0.941. The Labute approximate surface area is 137 Å². The van der Waals surface area contributed by atoms with Crippen molar-refractivity contribution in [1.29, 1.82) is 0 Å². The lowest BCUT2D eigenvalue weighted by molar-refractivity contribution is 0.108. The number of ether oxygens (including phenoxy) is 1. The van der Waals surface area contributed by atoms with E-state index in [1.165, 1.54) is 19.4 Å². The Morgan fingerprint density at radius 1 is 1.05 bits per heavy atom. The Balaban J connectivity index is 3.52. The molecule has 0 aliphatic rings. The molecule has 0 bridgehead atoms. The standard InChI is InChI=1S/C17H38N4O/c1-6-21(7-2)13-9-8-11-19-17(18-5)20-12-10-14-22-15-16(3)4/h16H,6-15H2,1-5H3,(H2,18,19,20). The molecule has 0 heterocycles. The van der Waals surface area contributed by atoms with E-state index in [0.717, 1.165) is 51.8 Å². The van der Waals surface area contributed by atoms with Gasteiger partial charge in [-0.15, -0.1) is 0 Å². The highest BCUT2D eigenvalue weighted by molar-refractivity contribution is 5.79. The van der Waals surface area contributed by atoms with E-state index in [4.69, 9.17) is 4.74 Å². The van der Waals surface area contributed by atoms with Crippen LogP contribution in [0.4, 0.5) is 0 Å². The third kappa shape index (κ3) is 12.9. The van der Waals surface area contributed by atoms with Gasteiger partial charge in [0.25, 0.3) is 0 Å². The van der Waals surface area contributed by atoms with Gasteiger partial charge in [-0.25, -0.2) is 0 Å². The lowest BCUT2D eigenvalue weighted by atomic mass is 10.2. The van der Waals surface area contributed by atoms with E-state index in [0.29, 0.717) is 5.92 Å². The molecule has 5 nitrogen and oxygen atoms in total. The molecule has 0 radical (unpaired) electrons. The van der Waals surface area contributed by atoms with Crippen molar-refractivity contribution in [1.82, 2.24) is 15.5 Å². The first-order valence-corrected chi connectivity index (χ1v) is 8.88. The molecule has 0 aromatic heterocycles. The maximum absolute atomic E-state index is 5.56. The Morgan fingerprint density at radius 2 is 1.68 bits per heavy atom. The highest BCUT2D eigenvalue weighted by atomic mass is 16.5. The second-order valence-corrected chi connectivity index (χ2v) is 5.98. The Bertz CT molecular complexity index is 265. The van der Waals surface area contributed by atoms with Crippen LogP contribution < -0.4 is 10.6 Å². The first kappa shape index (κ1) is 21.2. The van der Waals surface area contributed by atoms with Crippen LogP contribution in [0.1, 0.15) is 47.0 Å². The minimum atomic E-state index is 0.610. The van der Waals surface area contributed by atoms with Crippen molar-refractivity contribution in [3.63, 3.8) is 0 Å². The molecule has 0 aromatic carbocycles. The van der Waals surface area contributed by atoms with Crippen LogP contribution in [0.3, 0.4) is 0 Å². The topological polar surface area (TPSA) is 48.9 Å². The van der Waals surface area contributed by atoms with Crippen LogP contribution in [0, 0.1) is 5.92 Å².